The molecule has 1 N–H and O–H groups in total. The minimum atomic E-state index is -0.0318. The van der Waals surface area contributed by atoms with Crippen molar-refractivity contribution in [3.05, 3.63) is 65.2 Å². The zero-order chi connectivity index (χ0) is 17.1. The molecule has 4 nitrogen and oxygen atoms in total. The van der Waals surface area contributed by atoms with Crippen LogP contribution in [0.1, 0.15) is 34.3 Å². The average molecular weight is 322 g/mol. The molecule has 1 fully saturated rings. The van der Waals surface area contributed by atoms with Gasteiger partial charge >= 0.3 is 0 Å². The van der Waals surface area contributed by atoms with Gasteiger partial charge in [0.25, 0.3) is 5.91 Å². The molecule has 0 heterocycles. The molecule has 1 saturated carbocycles. The van der Waals surface area contributed by atoms with Crippen LogP contribution in [0.2, 0.25) is 0 Å². The number of carbonyl (C=O) groups is 2. The first-order valence-corrected chi connectivity index (χ1v) is 8.25. The molecule has 0 radical (unpaired) electrons. The average Bonchev–Trinajstić information content (AvgIpc) is 3.42. The van der Waals surface area contributed by atoms with Gasteiger partial charge < -0.3 is 10.2 Å². The number of hydrogen-bond donors (Lipinski definition) is 1. The Labute approximate surface area is 142 Å². The molecular weight excluding hydrogens is 300 g/mol. The second-order valence-electron chi connectivity index (χ2n) is 6.49. The Bertz CT molecular complexity index is 731. The maximum Gasteiger partial charge on any atom is 0.253 e. The second kappa shape index (κ2) is 6.87. The Morgan fingerprint density at radius 2 is 1.67 bits per heavy atom. The first-order valence-electron chi connectivity index (χ1n) is 8.25. The molecule has 0 saturated heterocycles. The highest BCUT2D eigenvalue weighted by atomic mass is 16.2. The first kappa shape index (κ1) is 16.2. The number of hydrogen-bond acceptors (Lipinski definition) is 2. The normalized spacial score (nSPS) is 13.4. The summed E-state index contributed by atoms with van der Waals surface area (Å²) in [7, 11) is 1.80. The maximum absolute atomic E-state index is 12.5. The highest BCUT2D eigenvalue weighted by Crippen LogP contribution is 2.30. The molecule has 24 heavy (non-hydrogen) atoms. The Kier molecular flexibility index (Phi) is 4.65. The fourth-order valence-electron chi connectivity index (χ4n) is 2.55. The van der Waals surface area contributed by atoms with Gasteiger partial charge in [-0.1, -0.05) is 29.8 Å². The smallest absolute Gasteiger partial charge is 0.253 e. The van der Waals surface area contributed by atoms with Crippen molar-refractivity contribution >= 4 is 17.5 Å². The molecule has 0 aromatic heterocycles. The number of anilines is 1. The summed E-state index contributed by atoms with van der Waals surface area (Å²) in [5.74, 6) is 0.216. The van der Waals surface area contributed by atoms with Gasteiger partial charge in [0.1, 0.15) is 0 Å². The number of aryl methyl sites for hydroxylation is 1. The van der Waals surface area contributed by atoms with E-state index in [1.54, 1.807) is 36.2 Å². The third-order valence-corrected chi connectivity index (χ3v) is 4.23. The van der Waals surface area contributed by atoms with E-state index in [-0.39, 0.29) is 17.7 Å². The predicted molar refractivity (Wildman–Crippen MR) is 94.8 cm³/mol. The van der Waals surface area contributed by atoms with Crippen molar-refractivity contribution in [1.29, 1.82) is 0 Å². The van der Waals surface area contributed by atoms with Crippen molar-refractivity contribution in [2.24, 2.45) is 5.92 Å². The van der Waals surface area contributed by atoms with Gasteiger partial charge in [-0.25, -0.2) is 0 Å². The van der Waals surface area contributed by atoms with Crippen LogP contribution in [0.3, 0.4) is 0 Å². The van der Waals surface area contributed by atoms with E-state index in [9.17, 15) is 9.59 Å². The minimum absolute atomic E-state index is 0.0318. The lowest BCUT2D eigenvalue weighted by Gasteiger charge is -2.17. The van der Waals surface area contributed by atoms with Gasteiger partial charge in [-0.3, -0.25) is 9.59 Å². The number of nitrogens with zero attached hydrogens (tertiary/aromatic N) is 1. The largest absolute Gasteiger partial charge is 0.337 e. The predicted octanol–water partition coefficient (Wildman–Crippen LogP) is 3.62. The lowest BCUT2D eigenvalue weighted by Crippen LogP contribution is -2.26. The van der Waals surface area contributed by atoms with Crippen LogP contribution in [0.4, 0.5) is 5.69 Å². The van der Waals surface area contributed by atoms with Gasteiger partial charge in [0.15, 0.2) is 0 Å². The molecule has 4 heteroatoms. The van der Waals surface area contributed by atoms with Gasteiger partial charge in [-0.15, -0.1) is 0 Å². The Balaban J connectivity index is 1.61. The van der Waals surface area contributed by atoms with Crippen LogP contribution in [-0.4, -0.2) is 23.8 Å². The number of rotatable bonds is 5. The molecule has 3 rings (SSSR count). The maximum atomic E-state index is 12.5. The van der Waals surface area contributed by atoms with E-state index in [1.165, 1.54) is 5.56 Å². The van der Waals surface area contributed by atoms with Gasteiger partial charge in [-0.2, -0.15) is 0 Å². The van der Waals surface area contributed by atoms with Crippen LogP contribution in [0.25, 0.3) is 0 Å². The summed E-state index contributed by atoms with van der Waals surface area (Å²) in [5, 5.41) is 2.88. The summed E-state index contributed by atoms with van der Waals surface area (Å²) in [5.41, 5.74) is 3.67. The van der Waals surface area contributed by atoms with E-state index in [4.69, 9.17) is 0 Å². The van der Waals surface area contributed by atoms with Crippen LogP contribution in [0, 0.1) is 12.8 Å². The van der Waals surface area contributed by atoms with Crippen LogP contribution < -0.4 is 5.32 Å². The zero-order valence-corrected chi connectivity index (χ0v) is 14.1. The van der Waals surface area contributed by atoms with Gasteiger partial charge in [-0.05, 0) is 49.6 Å². The SMILES string of the molecule is Cc1ccc(CN(C)C(=O)c2ccc(NC(=O)C3CC3)cc2)cc1. The van der Waals surface area contributed by atoms with Gasteiger partial charge in [0.2, 0.25) is 5.91 Å². The molecule has 2 amide bonds. The molecule has 0 bridgehead atoms. The van der Waals surface area contributed by atoms with Crippen LogP contribution in [-0.2, 0) is 11.3 Å². The Morgan fingerprint density at radius 1 is 1.04 bits per heavy atom. The second-order valence-corrected chi connectivity index (χ2v) is 6.49. The van der Waals surface area contributed by atoms with Crippen molar-refractivity contribution in [2.45, 2.75) is 26.3 Å². The molecule has 0 atom stereocenters. The fourth-order valence-corrected chi connectivity index (χ4v) is 2.55. The Morgan fingerprint density at radius 3 is 2.25 bits per heavy atom. The van der Waals surface area contributed by atoms with Gasteiger partial charge in [0.05, 0.1) is 0 Å². The lowest BCUT2D eigenvalue weighted by molar-refractivity contribution is -0.117. The number of carbonyl (C=O) groups excluding carboxylic acids is 2. The molecule has 0 aliphatic heterocycles. The van der Waals surface area contributed by atoms with Crippen LogP contribution >= 0.6 is 0 Å². The van der Waals surface area contributed by atoms with Crippen LogP contribution in [0.15, 0.2) is 48.5 Å². The summed E-state index contributed by atoms with van der Waals surface area (Å²) in [6, 6.07) is 15.3. The summed E-state index contributed by atoms with van der Waals surface area (Å²) < 4.78 is 0. The summed E-state index contributed by atoms with van der Waals surface area (Å²) in [4.78, 5) is 25.9. The molecule has 2 aromatic carbocycles. The summed E-state index contributed by atoms with van der Waals surface area (Å²) in [6.07, 6.45) is 1.96. The number of amides is 2. The van der Waals surface area contributed by atoms with Crippen molar-refractivity contribution < 1.29 is 9.59 Å². The highest BCUT2D eigenvalue weighted by Gasteiger charge is 2.29. The van der Waals surface area contributed by atoms with Gasteiger partial charge in [0, 0.05) is 30.8 Å². The fraction of sp³-hybridized carbons (Fsp3) is 0.300. The lowest BCUT2D eigenvalue weighted by atomic mass is 10.1. The van der Waals surface area contributed by atoms with Crippen LogP contribution in [0.5, 0.6) is 0 Å². The molecular formula is C20H22N2O2. The Hall–Kier alpha value is -2.62. The summed E-state index contributed by atoms with van der Waals surface area (Å²) in [6.45, 7) is 2.61. The minimum Gasteiger partial charge on any atom is -0.337 e. The van der Waals surface area contributed by atoms with Crippen molar-refractivity contribution in [2.75, 3.05) is 12.4 Å². The third-order valence-electron chi connectivity index (χ3n) is 4.23. The van der Waals surface area contributed by atoms with E-state index in [0.29, 0.717) is 12.1 Å². The molecule has 0 spiro atoms. The molecule has 0 unspecified atom stereocenters. The number of benzene rings is 2. The van der Waals surface area contributed by atoms with E-state index < -0.39 is 0 Å². The molecule has 1 aliphatic carbocycles. The van der Waals surface area contributed by atoms with Crippen molar-refractivity contribution in [1.82, 2.24) is 4.90 Å². The molecule has 2 aromatic rings. The third kappa shape index (κ3) is 4.02. The summed E-state index contributed by atoms with van der Waals surface area (Å²) >= 11 is 0. The van der Waals surface area contributed by atoms with E-state index >= 15 is 0 Å². The number of nitrogens with one attached hydrogen (secondary N) is 1. The van der Waals surface area contributed by atoms with E-state index in [0.717, 1.165) is 24.1 Å². The molecule has 1 aliphatic rings. The topological polar surface area (TPSA) is 49.4 Å². The first-order chi connectivity index (χ1) is 11.5. The van der Waals surface area contributed by atoms with Crippen molar-refractivity contribution in [3.63, 3.8) is 0 Å². The highest BCUT2D eigenvalue weighted by molar-refractivity contribution is 5.96. The zero-order valence-electron chi connectivity index (χ0n) is 14.1. The molecule has 124 valence electrons. The standard InChI is InChI=1S/C20H22N2O2/c1-14-3-5-15(6-4-14)13-22(2)20(24)17-9-11-18(12-10-17)21-19(23)16-7-8-16/h3-6,9-12,16H,7-8,13H2,1-2H3,(H,21,23). The quantitative estimate of drug-likeness (QED) is 0.914. The van der Waals surface area contributed by atoms with E-state index in [1.807, 2.05) is 31.2 Å². The monoisotopic (exact) mass is 322 g/mol. The van der Waals surface area contributed by atoms with Crippen molar-refractivity contribution in [3.8, 4) is 0 Å². The van der Waals surface area contributed by atoms with E-state index in [2.05, 4.69) is 5.32 Å².